The number of aliphatic hydroxyl groups excluding tert-OH is 1. The average Bonchev–Trinajstić information content (AvgIpc) is 2.26. The van der Waals surface area contributed by atoms with E-state index in [-0.39, 0.29) is 6.10 Å². The quantitative estimate of drug-likeness (QED) is 0.793. The van der Waals surface area contributed by atoms with E-state index in [1.165, 1.54) is 0 Å². The van der Waals surface area contributed by atoms with Crippen LogP contribution in [0.4, 0.5) is 0 Å². The summed E-state index contributed by atoms with van der Waals surface area (Å²) >= 11 is 0. The molecule has 88 valence electrons. The van der Waals surface area contributed by atoms with E-state index >= 15 is 0 Å². The van der Waals surface area contributed by atoms with Crippen molar-refractivity contribution >= 4 is 0 Å². The molecule has 0 saturated carbocycles. The summed E-state index contributed by atoms with van der Waals surface area (Å²) in [6, 6.07) is 6.10. The van der Waals surface area contributed by atoms with Gasteiger partial charge in [0.15, 0.2) is 0 Å². The molecule has 2 atom stereocenters. The number of aryl methyl sites for hydroxylation is 2. The van der Waals surface area contributed by atoms with Crippen LogP contribution in [0.2, 0.25) is 0 Å². The first kappa shape index (κ1) is 11.4. The fraction of sp³-hybridized carbons (Fsp3) is 0.538. The van der Waals surface area contributed by atoms with Crippen LogP contribution in [0.15, 0.2) is 18.2 Å². The Balaban J connectivity index is 2.13. The second-order valence-corrected chi connectivity index (χ2v) is 4.44. The van der Waals surface area contributed by atoms with E-state index in [1.807, 2.05) is 32.0 Å². The number of hydrogen-bond acceptors (Lipinski definition) is 3. The van der Waals surface area contributed by atoms with E-state index in [4.69, 9.17) is 4.74 Å². The number of para-hydroxylation sites is 1. The lowest BCUT2D eigenvalue weighted by atomic mass is 10.1. The Hall–Kier alpha value is -1.06. The molecular formula is C13H19NO2. The third kappa shape index (κ3) is 2.36. The van der Waals surface area contributed by atoms with Gasteiger partial charge in [-0.1, -0.05) is 18.2 Å². The van der Waals surface area contributed by atoms with Crippen LogP contribution in [-0.4, -0.2) is 30.4 Å². The minimum absolute atomic E-state index is 0.0824. The number of ether oxygens (including phenoxy) is 1. The molecule has 1 saturated heterocycles. The molecule has 0 aromatic heterocycles. The summed E-state index contributed by atoms with van der Waals surface area (Å²) in [5.41, 5.74) is 2.26. The minimum atomic E-state index is -0.409. The third-order valence-electron chi connectivity index (χ3n) is 3.07. The molecule has 2 unspecified atom stereocenters. The lowest BCUT2D eigenvalue weighted by Gasteiger charge is -2.30. The lowest BCUT2D eigenvalue weighted by Crippen LogP contribution is -2.46. The normalized spacial score (nSPS) is 25.4. The first-order valence-corrected chi connectivity index (χ1v) is 5.80. The van der Waals surface area contributed by atoms with Crippen LogP contribution < -0.4 is 10.1 Å². The van der Waals surface area contributed by atoms with Gasteiger partial charge in [-0.25, -0.2) is 0 Å². The van der Waals surface area contributed by atoms with Gasteiger partial charge in [-0.2, -0.15) is 0 Å². The van der Waals surface area contributed by atoms with E-state index in [2.05, 4.69) is 5.32 Å². The van der Waals surface area contributed by atoms with Crippen molar-refractivity contribution in [1.82, 2.24) is 5.32 Å². The number of aliphatic hydroxyl groups is 1. The molecule has 16 heavy (non-hydrogen) atoms. The van der Waals surface area contributed by atoms with Crippen molar-refractivity contribution < 1.29 is 9.84 Å². The second-order valence-electron chi connectivity index (χ2n) is 4.44. The molecule has 1 fully saturated rings. The minimum Gasteiger partial charge on any atom is -0.487 e. The monoisotopic (exact) mass is 221 g/mol. The van der Waals surface area contributed by atoms with Gasteiger partial charge in [-0.05, 0) is 37.9 Å². The molecule has 1 aromatic rings. The molecule has 3 nitrogen and oxygen atoms in total. The summed E-state index contributed by atoms with van der Waals surface area (Å²) in [7, 11) is 0. The van der Waals surface area contributed by atoms with Crippen LogP contribution in [0.25, 0.3) is 0 Å². The van der Waals surface area contributed by atoms with Crippen molar-refractivity contribution in [3.8, 4) is 5.75 Å². The maximum absolute atomic E-state index is 9.82. The van der Waals surface area contributed by atoms with Crippen molar-refractivity contribution in [2.24, 2.45) is 0 Å². The van der Waals surface area contributed by atoms with E-state index in [1.54, 1.807) is 0 Å². The smallest absolute Gasteiger partial charge is 0.127 e. The molecule has 0 amide bonds. The maximum Gasteiger partial charge on any atom is 0.127 e. The highest BCUT2D eigenvalue weighted by molar-refractivity contribution is 5.39. The summed E-state index contributed by atoms with van der Waals surface area (Å²) in [6.45, 7) is 5.60. The Bertz CT molecular complexity index is 345. The van der Waals surface area contributed by atoms with Gasteiger partial charge in [0.2, 0.25) is 0 Å². The number of benzene rings is 1. The van der Waals surface area contributed by atoms with Crippen molar-refractivity contribution in [2.75, 3.05) is 13.1 Å². The fourth-order valence-electron chi connectivity index (χ4n) is 2.09. The SMILES string of the molecule is Cc1cccc(C)c1OC1CCNCC1O. The highest BCUT2D eigenvalue weighted by Crippen LogP contribution is 2.25. The topological polar surface area (TPSA) is 41.5 Å². The Labute approximate surface area is 96.4 Å². The molecule has 1 aliphatic heterocycles. The lowest BCUT2D eigenvalue weighted by molar-refractivity contribution is 0.0155. The zero-order chi connectivity index (χ0) is 11.5. The van der Waals surface area contributed by atoms with Crippen molar-refractivity contribution in [2.45, 2.75) is 32.5 Å². The molecule has 0 bridgehead atoms. The van der Waals surface area contributed by atoms with Crippen LogP contribution in [0.3, 0.4) is 0 Å². The van der Waals surface area contributed by atoms with E-state index in [0.717, 1.165) is 29.8 Å². The largest absolute Gasteiger partial charge is 0.487 e. The Morgan fingerprint density at radius 2 is 2.00 bits per heavy atom. The molecule has 0 spiro atoms. The highest BCUT2D eigenvalue weighted by atomic mass is 16.5. The highest BCUT2D eigenvalue weighted by Gasteiger charge is 2.25. The van der Waals surface area contributed by atoms with Crippen LogP contribution in [0, 0.1) is 13.8 Å². The molecule has 2 N–H and O–H groups in total. The maximum atomic E-state index is 9.82. The number of hydrogen-bond donors (Lipinski definition) is 2. The van der Waals surface area contributed by atoms with Gasteiger partial charge in [0.25, 0.3) is 0 Å². The zero-order valence-corrected chi connectivity index (χ0v) is 9.86. The number of piperidine rings is 1. The van der Waals surface area contributed by atoms with Gasteiger partial charge in [-0.15, -0.1) is 0 Å². The van der Waals surface area contributed by atoms with Gasteiger partial charge < -0.3 is 15.2 Å². The molecule has 0 aliphatic carbocycles. The number of rotatable bonds is 2. The van der Waals surface area contributed by atoms with Gasteiger partial charge in [0, 0.05) is 6.54 Å². The summed E-state index contributed by atoms with van der Waals surface area (Å²) in [6.07, 6.45) is 0.364. The third-order valence-corrected chi connectivity index (χ3v) is 3.07. The van der Waals surface area contributed by atoms with Gasteiger partial charge in [0.05, 0.1) is 0 Å². The van der Waals surface area contributed by atoms with E-state index in [9.17, 15) is 5.11 Å². The Morgan fingerprint density at radius 3 is 2.62 bits per heavy atom. The van der Waals surface area contributed by atoms with Crippen LogP contribution in [0.1, 0.15) is 17.5 Å². The molecule has 3 heteroatoms. The van der Waals surface area contributed by atoms with E-state index in [0.29, 0.717) is 6.54 Å². The predicted molar refractivity (Wildman–Crippen MR) is 63.8 cm³/mol. The summed E-state index contributed by atoms with van der Waals surface area (Å²) in [4.78, 5) is 0. The molecule has 1 heterocycles. The first-order valence-electron chi connectivity index (χ1n) is 5.80. The van der Waals surface area contributed by atoms with Crippen LogP contribution in [0.5, 0.6) is 5.75 Å². The average molecular weight is 221 g/mol. The summed E-state index contributed by atoms with van der Waals surface area (Å²) in [5.74, 6) is 0.924. The molecule has 1 aliphatic rings. The predicted octanol–water partition coefficient (Wildman–Crippen LogP) is 1.41. The molecule has 2 rings (SSSR count). The summed E-state index contributed by atoms with van der Waals surface area (Å²) in [5, 5.41) is 13.0. The number of β-amino-alcohol motifs (C(OH)–C–C–N with tert-alkyl or cyclic N) is 1. The van der Waals surface area contributed by atoms with Gasteiger partial charge >= 0.3 is 0 Å². The van der Waals surface area contributed by atoms with E-state index < -0.39 is 6.10 Å². The second kappa shape index (κ2) is 4.85. The van der Waals surface area contributed by atoms with Crippen molar-refractivity contribution in [3.63, 3.8) is 0 Å². The van der Waals surface area contributed by atoms with Gasteiger partial charge in [-0.3, -0.25) is 0 Å². The Morgan fingerprint density at radius 1 is 1.31 bits per heavy atom. The number of nitrogens with one attached hydrogen (secondary N) is 1. The molecule has 0 radical (unpaired) electrons. The van der Waals surface area contributed by atoms with Crippen molar-refractivity contribution in [3.05, 3.63) is 29.3 Å². The molecular weight excluding hydrogens is 202 g/mol. The zero-order valence-electron chi connectivity index (χ0n) is 9.86. The van der Waals surface area contributed by atoms with Gasteiger partial charge in [0.1, 0.15) is 18.0 Å². The van der Waals surface area contributed by atoms with Crippen LogP contribution in [-0.2, 0) is 0 Å². The van der Waals surface area contributed by atoms with Crippen molar-refractivity contribution in [1.29, 1.82) is 0 Å². The molecule has 1 aromatic carbocycles. The Kier molecular flexibility index (Phi) is 3.46. The fourth-order valence-corrected chi connectivity index (χ4v) is 2.09. The summed E-state index contributed by atoms with van der Waals surface area (Å²) < 4.78 is 5.94. The van der Waals surface area contributed by atoms with Crippen LogP contribution >= 0.6 is 0 Å². The first-order chi connectivity index (χ1) is 7.68. The standard InChI is InChI=1S/C13H19NO2/c1-9-4-3-5-10(2)13(9)16-12-6-7-14-8-11(12)15/h3-5,11-12,14-15H,6-8H2,1-2H3.